The smallest absolute Gasteiger partial charge is 0.0274 e. The van der Waals surface area contributed by atoms with Crippen LogP contribution in [0.4, 0.5) is 0 Å². The second-order valence-corrected chi connectivity index (χ2v) is 4.73. The molecule has 0 bridgehead atoms. The van der Waals surface area contributed by atoms with Gasteiger partial charge < -0.3 is 0 Å². The molecule has 2 heteroatoms. The molecule has 0 aromatic rings. The van der Waals surface area contributed by atoms with Gasteiger partial charge in [-0.05, 0) is 24.2 Å². The van der Waals surface area contributed by atoms with Gasteiger partial charge in [0.2, 0.25) is 0 Å². The second-order valence-electron chi connectivity index (χ2n) is 4.08. The molecule has 0 amide bonds. The Bertz CT molecular complexity index is 99.7. The highest BCUT2D eigenvalue weighted by Gasteiger charge is 2.19. The molecule has 1 atom stereocenters. The van der Waals surface area contributed by atoms with Crippen LogP contribution in [0.5, 0.6) is 0 Å². The van der Waals surface area contributed by atoms with Gasteiger partial charge in [-0.15, -0.1) is 23.2 Å². The van der Waals surface area contributed by atoms with Crippen molar-refractivity contribution in [3.63, 3.8) is 0 Å². The molecule has 0 rings (SSSR count). The van der Waals surface area contributed by atoms with Crippen molar-refractivity contribution in [1.82, 2.24) is 0 Å². The Labute approximate surface area is 80.3 Å². The van der Waals surface area contributed by atoms with Crippen molar-refractivity contribution >= 4 is 23.2 Å². The number of hydrogen-bond acceptors (Lipinski definition) is 0. The van der Waals surface area contributed by atoms with Crippen molar-refractivity contribution in [2.45, 2.75) is 33.6 Å². The first kappa shape index (κ1) is 11.6. The highest BCUT2D eigenvalue weighted by Crippen LogP contribution is 2.28. The Balaban J connectivity index is 3.64. The van der Waals surface area contributed by atoms with Gasteiger partial charge in [0.25, 0.3) is 0 Å². The lowest BCUT2D eigenvalue weighted by atomic mass is 9.84. The summed E-state index contributed by atoms with van der Waals surface area (Å²) in [4.78, 5) is 0. The van der Waals surface area contributed by atoms with Gasteiger partial charge in [-0.2, -0.15) is 0 Å². The Morgan fingerprint density at radius 1 is 1.27 bits per heavy atom. The van der Waals surface area contributed by atoms with E-state index in [1.165, 1.54) is 6.42 Å². The van der Waals surface area contributed by atoms with Crippen molar-refractivity contribution in [3.8, 4) is 0 Å². The van der Waals surface area contributed by atoms with Crippen LogP contribution in [-0.4, -0.2) is 11.8 Å². The van der Waals surface area contributed by atoms with Gasteiger partial charge in [0.1, 0.15) is 0 Å². The van der Waals surface area contributed by atoms with E-state index in [4.69, 9.17) is 23.2 Å². The summed E-state index contributed by atoms with van der Waals surface area (Å²) in [6, 6.07) is 0. The molecule has 0 aliphatic carbocycles. The van der Waals surface area contributed by atoms with Crippen LogP contribution >= 0.6 is 23.2 Å². The van der Waals surface area contributed by atoms with E-state index < -0.39 is 0 Å². The van der Waals surface area contributed by atoms with E-state index in [0.717, 1.165) is 18.2 Å². The normalized spacial score (nSPS) is 15.0. The van der Waals surface area contributed by atoms with Gasteiger partial charge in [-0.1, -0.05) is 20.8 Å². The molecule has 0 nitrogen and oxygen atoms in total. The third-order valence-corrected chi connectivity index (χ3v) is 2.81. The standard InChI is InChI=1S/C9H18Cl2/c1-8(4-5-10)6-9(2,3)7-11/h8H,4-7H2,1-3H3. The fraction of sp³-hybridized carbons (Fsp3) is 1.00. The fourth-order valence-electron chi connectivity index (χ4n) is 1.29. The molecule has 68 valence electrons. The molecule has 0 heterocycles. The van der Waals surface area contributed by atoms with E-state index in [0.29, 0.717) is 5.92 Å². The SMILES string of the molecule is CC(CCCl)CC(C)(C)CCl. The third-order valence-electron chi connectivity index (χ3n) is 1.86. The van der Waals surface area contributed by atoms with Crippen LogP contribution in [0.25, 0.3) is 0 Å². The molecule has 0 N–H and O–H groups in total. The maximum Gasteiger partial charge on any atom is 0.0274 e. The van der Waals surface area contributed by atoms with Crippen LogP contribution in [0, 0.1) is 11.3 Å². The van der Waals surface area contributed by atoms with E-state index in [2.05, 4.69) is 20.8 Å². The van der Waals surface area contributed by atoms with Crippen molar-refractivity contribution < 1.29 is 0 Å². The Morgan fingerprint density at radius 2 is 1.82 bits per heavy atom. The highest BCUT2D eigenvalue weighted by molar-refractivity contribution is 6.18. The van der Waals surface area contributed by atoms with Crippen molar-refractivity contribution in [3.05, 3.63) is 0 Å². The number of rotatable bonds is 5. The Hall–Kier alpha value is 0.580. The summed E-state index contributed by atoms with van der Waals surface area (Å²) in [5.74, 6) is 2.19. The summed E-state index contributed by atoms with van der Waals surface area (Å²) in [6.07, 6.45) is 2.27. The van der Waals surface area contributed by atoms with Gasteiger partial charge >= 0.3 is 0 Å². The van der Waals surface area contributed by atoms with Gasteiger partial charge in [-0.25, -0.2) is 0 Å². The average Bonchev–Trinajstić information content (AvgIpc) is 1.87. The van der Waals surface area contributed by atoms with Crippen LogP contribution in [0.3, 0.4) is 0 Å². The van der Waals surface area contributed by atoms with Gasteiger partial charge in [0.15, 0.2) is 0 Å². The quantitative estimate of drug-likeness (QED) is 0.586. The molecule has 11 heavy (non-hydrogen) atoms. The number of halogens is 2. The zero-order valence-corrected chi connectivity index (χ0v) is 9.17. The Kier molecular flexibility index (Phi) is 5.54. The lowest BCUT2D eigenvalue weighted by molar-refractivity contribution is 0.308. The van der Waals surface area contributed by atoms with E-state index in [1.807, 2.05) is 0 Å². The van der Waals surface area contributed by atoms with E-state index >= 15 is 0 Å². The average molecular weight is 197 g/mol. The molecular formula is C9H18Cl2. The maximum atomic E-state index is 5.80. The summed E-state index contributed by atoms with van der Waals surface area (Å²) in [6.45, 7) is 6.63. The summed E-state index contributed by atoms with van der Waals surface area (Å²) in [7, 11) is 0. The van der Waals surface area contributed by atoms with Gasteiger partial charge in [-0.3, -0.25) is 0 Å². The molecule has 0 spiro atoms. The fourth-order valence-corrected chi connectivity index (χ4v) is 1.77. The minimum atomic E-state index is 0.271. The number of alkyl halides is 2. The number of hydrogen-bond donors (Lipinski definition) is 0. The van der Waals surface area contributed by atoms with Gasteiger partial charge in [0.05, 0.1) is 0 Å². The predicted octanol–water partition coefficient (Wildman–Crippen LogP) is 3.91. The van der Waals surface area contributed by atoms with Gasteiger partial charge in [0, 0.05) is 11.8 Å². The van der Waals surface area contributed by atoms with Crippen LogP contribution in [0.2, 0.25) is 0 Å². The maximum absolute atomic E-state index is 5.80. The minimum absolute atomic E-state index is 0.271. The van der Waals surface area contributed by atoms with Crippen molar-refractivity contribution in [2.75, 3.05) is 11.8 Å². The summed E-state index contributed by atoms with van der Waals surface area (Å²) >= 11 is 11.4. The molecular weight excluding hydrogens is 179 g/mol. The first-order chi connectivity index (χ1) is 5.02. The largest absolute Gasteiger partial charge is 0.127 e. The first-order valence-electron chi connectivity index (χ1n) is 4.14. The first-order valence-corrected chi connectivity index (χ1v) is 5.20. The zero-order chi connectivity index (χ0) is 8.91. The molecule has 0 aliphatic heterocycles. The lowest BCUT2D eigenvalue weighted by Gasteiger charge is -2.24. The van der Waals surface area contributed by atoms with Crippen LogP contribution in [0.1, 0.15) is 33.6 Å². The second kappa shape index (κ2) is 5.27. The monoisotopic (exact) mass is 196 g/mol. The highest BCUT2D eigenvalue weighted by atomic mass is 35.5. The summed E-state index contributed by atoms with van der Waals surface area (Å²) < 4.78 is 0. The van der Waals surface area contributed by atoms with E-state index in [-0.39, 0.29) is 5.41 Å². The summed E-state index contributed by atoms with van der Waals surface area (Å²) in [5.41, 5.74) is 0.271. The molecule has 0 aromatic heterocycles. The van der Waals surface area contributed by atoms with Crippen molar-refractivity contribution in [2.24, 2.45) is 11.3 Å². The molecule has 0 saturated carbocycles. The molecule has 0 fully saturated rings. The molecule has 0 radical (unpaired) electrons. The van der Waals surface area contributed by atoms with Crippen LogP contribution < -0.4 is 0 Å². The molecule has 0 saturated heterocycles. The Morgan fingerprint density at radius 3 is 2.18 bits per heavy atom. The topological polar surface area (TPSA) is 0 Å². The molecule has 0 aromatic carbocycles. The molecule has 1 unspecified atom stereocenters. The molecule has 0 aliphatic rings. The van der Waals surface area contributed by atoms with Crippen LogP contribution in [-0.2, 0) is 0 Å². The van der Waals surface area contributed by atoms with E-state index in [9.17, 15) is 0 Å². The minimum Gasteiger partial charge on any atom is -0.127 e. The van der Waals surface area contributed by atoms with Crippen LogP contribution in [0.15, 0.2) is 0 Å². The van der Waals surface area contributed by atoms with Crippen molar-refractivity contribution in [1.29, 1.82) is 0 Å². The lowest BCUT2D eigenvalue weighted by Crippen LogP contribution is -2.17. The predicted molar refractivity (Wildman–Crippen MR) is 53.6 cm³/mol. The third kappa shape index (κ3) is 5.81. The summed E-state index contributed by atoms with van der Waals surface area (Å²) in [5, 5.41) is 0. The van der Waals surface area contributed by atoms with E-state index in [1.54, 1.807) is 0 Å². The zero-order valence-electron chi connectivity index (χ0n) is 7.66.